The van der Waals surface area contributed by atoms with Crippen LogP contribution in [0.5, 0.6) is 0 Å². The normalized spacial score (nSPS) is 10.6. The fourth-order valence-corrected chi connectivity index (χ4v) is 3.78. The lowest BCUT2D eigenvalue weighted by Crippen LogP contribution is -2.15. The first-order valence-corrected chi connectivity index (χ1v) is 10.1. The van der Waals surface area contributed by atoms with Crippen LogP contribution in [0.2, 0.25) is 0 Å². The molecule has 4 rings (SSSR count). The Morgan fingerprint density at radius 2 is 1.00 bits per heavy atom. The summed E-state index contributed by atoms with van der Waals surface area (Å²) in [6.45, 7) is 0. The van der Waals surface area contributed by atoms with E-state index in [1.54, 1.807) is 36.4 Å². The second kappa shape index (κ2) is 8.65. The van der Waals surface area contributed by atoms with Crippen molar-refractivity contribution >= 4 is 59.2 Å². The van der Waals surface area contributed by atoms with Crippen LogP contribution in [0.3, 0.4) is 0 Å². The van der Waals surface area contributed by atoms with Gasteiger partial charge >= 0.3 is 0 Å². The van der Waals surface area contributed by atoms with Gasteiger partial charge in [0.2, 0.25) is 0 Å². The number of hydrogen-bond acceptors (Lipinski definition) is 4. The maximum absolute atomic E-state index is 12.8. The number of anilines is 2. The molecule has 6 heteroatoms. The number of benzene rings is 4. The molecule has 0 saturated heterocycles. The van der Waals surface area contributed by atoms with Crippen molar-refractivity contribution in [3.05, 3.63) is 96.1 Å². The average molecular weight is 431 g/mol. The van der Waals surface area contributed by atoms with Crippen LogP contribution in [0.25, 0.3) is 10.8 Å². The van der Waals surface area contributed by atoms with Crippen molar-refractivity contribution in [1.82, 2.24) is 0 Å². The minimum absolute atomic E-state index is 0.269. The smallest absolute Gasteiger partial charge is 0.256 e. The number of amides is 2. The molecule has 0 aliphatic heterocycles. The molecule has 4 aromatic carbocycles. The Balaban J connectivity index is 1.72. The van der Waals surface area contributed by atoms with Crippen molar-refractivity contribution in [2.75, 3.05) is 10.6 Å². The Labute approximate surface area is 185 Å². The van der Waals surface area contributed by atoms with E-state index in [4.69, 9.17) is 0 Å². The topological polar surface area (TPSA) is 58.2 Å². The van der Waals surface area contributed by atoms with Gasteiger partial charge in [-0.3, -0.25) is 9.59 Å². The molecule has 0 atom stereocenters. The second-order valence-electron chi connectivity index (χ2n) is 6.65. The van der Waals surface area contributed by atoms with Gasteiger partial charge in [-0.2, -0.15) is 0 Å². The monoisotopic (exact) mass is 430 g/mol. The van der Waals surface area contributed by atoms with E-state index in [0.717, 1.165) is 10.8 Å². The van der Waals surface area contributed by atoms with Gasteiger partial charge in [-0.15, -0.1) is 25.3 Å². The number of carbonyl (C=O) groups excluding carboxylic acids is 2. The molecule has 2 amide bonds. The maximum Gasteiger partial charge on any atom is 0.256 e. The first-order chi connectivity index (χ1) is 14.5. The standard InChI is InChI=1S/C24H18N2O2S2/c27-23(16-9-1-3-13-20(16)29)25-18-11-5-7-15-8-6-12-19(22(15)18)26-24(28)17-10-2-4-14-21(17)30/h1-14,29-30H,(H,25,27)(H,26,28). The molecule has 0 aliphatic carbocycles. The summed E-state index contributed by atoms with van der Waals surface area (Å²) in [4.78, 5) is 26.8. The molecule has 0 spiro atoms. The van der Waals surface area contributed by atoms with Crippen molar-refractivity contribution < 1.29 is 9.59 Å². The summed E-state index contributed by atoms with van der Waals surface area (Å²) in [5.74, 6) is -0.537. The molecule has 0 heterocycles. The second-order valence-corrected chi connectivity index (χ2v) is 7.62. The molecular formula is C24H18N2O2S2. The number of carbonyl (C=O) groups is 2. The van der Waals surface area contributed by atoms with Crippen LogP contribution in [0.1, 0.15) is 20.7 Å². The minimum atomic E-state index is -0.269. The molecule has 0 saturated carbocycles. The minimum Gasteiger partial charge on any atom is -0.321 e. The SMILES string of the molecule is O=C(Nc1cccc2cccc(NC(=O)c3ccccc3S)c12)c1ccccc1S. The van der Waals surface area contributed by atoms with E-state index in [0.29, 0.717) is 32.3 Å². The third-order valence-electron chi connectivity index (χ3n) is 4.70. The van der Waals surface area contributed by atoms with Gasteiger partial charge in [0.05, 0.1) is 22.5 Å². The summed E-state index contributed by atoms with van der Waals surface area (Å²) < 4.78 is 0. The molecule has 30 heavy (non-hydrogen) atoms. The molecule has 0 unspecified atom stereocenters. The lowest BCUT2D eigenvalue weighted by molar-refractivity contribution is 0.101. The predicted molar refractivity (Wildman–Crippen MR) is 127 cm³/mol. The number of rotatable bonds is 4. The van der Waals surface area contributed by atoms with Gasteiger partial charge in [-0.1, -0.05) is 48.5 Å². The molecule has 0 radical (unpaired) electrons. The first kappa shape index (κ1) is 20.1. The molecule has 0 aliphatic rings. The number of thiol groups is 2. The van der Waals surface area contributed by atoms with Gasteiger partial charge < -0.3 is 10.6 Å². The van der Waals surface area contributed by atoms with Crippen molar-refractivity contribution in [2.45, 2.75) is 9.79 Å². The molecular weight excluding hydrogens is 412 g/mol. The van der Waals surface area contributed by atoms with Crippen LogP contribution in [0, 0.1) is 0 Å². The number of hydrogen-bond donors (Lipinski definition) is 4. The van der Waals surface area contributed by atoms with Crippen LogP contribution in [0.4, 0.5) is 11.4 Å². The molecule has 0 bridgehead atoms. The van der Waals surface area contributed by atoms with Crippen molar-refractivity contribution in [3.8, 4) is 0 Å². The predicted octanol–water partition coefficient (Wildman–Crippen LogP) is 5.92. The third kappa shape index (κ3) is 4.06. The molecule has 148 valence electrons. The molecule has 0 fully saturated rings. The van der Waals surface area contributed by atoms with Crippen LogP contribution < -0.4 is 10.6 Å². The van der Waals surface area contributed by atoms with Crippen LogP contribution in [-0.4, -0.2) is 11.8 Å². The van der Waals surface area contributed by atoms with E-state index < -0.39 is 0 Å². The maximum atomic E-state index is 12.8. The quantitative estimate of drug-likeness (QED) is 0.304. The van der Waals surface area contributed by atoms with E-state index in [1.807, 2.05) is 48.5 Å². The van der Waals surface area contributed by atoms with Gasteiger partial charge in [-0.25, -0.2) is 0 Å². The van der Waals surface area contributed by atoms with E-state index in [-0.39, 0.29) is 11.8 Å². The molecule has 2 N–H and O–H groups in total. The lowest BCUT2D eigenvalue weighted by Gasteiger charge is -2.15. The molecule has 0 aromatic heterocycles. The highest BCUT2D eigenvalue weighted by Crippen LogP contribution is 2.32. The van der Waals surface area contributed by atoms with Crippen LogP contribution in [-0.2, 0) is 0 Å². The highest BCUT2D eigenvalue weighted by molar-refractivity contribution is 7.80. The van der Waals surface area contributed by atoms with Gasteiger partial charge in [0.25, 0.3) is 11.8 Å². The number of nitrogens with one attached hydrogen (secondary N) is 2. The Morgan fingerprint density at radius 3 is 1.43 bits per heavy atom. The Bertz CT molecular complexity index is 1180. The highest BCUT2D eigenvalue weighted by Gasteiger charge is 2.15. The zero-order valence-electron chi connectivity index (χ0n) is 15.8. The van der Waals surface area contributed by atoms with E-state index in [2.05, 4.69) is 35.9 Å². The fourth-order valence-electron chi connectivity index (χ4n) is 3.26. The zero-order chi connectivity index (χ0) is 21.1. The van der Waals surface area contributed by atoms with E-state index in [1.165, 1.54) is 0 Å². The zero-order valence-corrected chi connectivity index (χ0v) is 17.6. The van der Waals surface area contributed by atoms with Gasteiger partial charge in [-0.05, 0) is 41.8 Å². The Hall–Kier alpha value is -3.22. The average Bonchev–Trinajstić information content (AvgIpc) is 2.74. The summed E-state index contributed by atoms with van der Waals surface area (Å²) in [7, 11) is 0. The molecule has 4 aromatic rings. The van der Waals surface area contributed by atoms with Crippen LogP contribution in [0.15, 0.2) is 94.7 Å². The Morgan fingerprint density at radius 1 is 0.567 bits per heavy atom. The van der Waals surface area contributed by atoms with Gasteiger partial charge in [0, 0.05) is 15.2 Å². The lowest BCUT2D eigenvalue weighted by atomic mass is 10.1. The van der Waals surface area contributed by atoms with Gasteiger partial charge in [0.15, 0.2) is 0 Å². The first-order valence-electron chi connectivity index (χ1n) is 9.25. The van der Waals surface area contributed by atoms with E-state index >= 15 is 0 Å². The van der Waals surface area contributed by atoms with Crippen molar-refractivity contribution in [1.29, 1.82) is 0 Å². The summed E-state index contributed by atoms with van der Waals surface area (Å²) >= 11 is 8.74. The van der Waals surface area contributed by atoms with E-state index in [9.17, 15) is 9.59 Å². The van der Waals surface area contributed by atoms with Crippen molar-refractivity contribution in [3.63, 3.8) is 0 Å². The summed E-state index contributed by atoms with van der Waals surface area (Å²) in [6, 6.07) is 25.4. The highest BCUT2D eigenvalue weighted by atomic mass is 32.1. The summed E-state index contributed by atoms with van der Waals surface area (Å²) in [5.41, 5.74) is 2.15. The number of fused-ring (bicyclic) bond motifs is 1. The van der Waals surface area contributed by atoms with Crippen molar-refractivity contribution in [2.24, 2.45) is 0 Å². The Kier molecular flexibility index (Phi) is 5.79. The summed E-state index contributed by atoms with van der Waals surface area (Å²) in [5, 5.41) is 7.54. The third-order valence-corrected chi connectivity index (χ3v) is 5.48. The fraction of sp³-hybridized carbons (Fsp3) is 0. The van der Waals surface area contributed by atoms with Crippen LogP contribution >= 0.6 is 25.3 Å². The van der Waals surface area contributed by atoms with Gasteiger partial charge in [0.1, 0.15) is 0 Å². The summed E-state index contributed by atoms with van der Waals surface area (Å²) in [6.07, 6.45) is 0. The largest absolute Gasteiger partial charge is 0.321 e. The molecule has 4 nitrogen and oxygen atoms in total.